The molecule has 1 aliphatic carbocycles. The second-order valence-electron chi connectivity index (χ2n) is 20.0. The quantitative estimate of drug-likeness (QED) is 0.0812. The van der Waals surface area contributed by atoms with Crippen LogP contribution >= 0.6 is 0 Å². The molecule has 6 N–H and O–H groups in total. The molecule has 1 aliphatic rings. The van der Waals surface area contributed by atoms with Gasteiger partial charge in [0.05, 0.1) is 5.41 Å². The van der Waals surface area contributed by atoms with Gasteiger partial charge in [-0.1, -0.05) is 218 Å². The molecule has 75 heavy (non-hydrogen) atoms. The maximum absolute atomic E-state index is 12.7. The van der Waals surface area contributed by atoms with Crippen LogP contribution in [-0.2, 0) is 31.1 Å². The normalized spacial score (nSPS) is 12.6. The summed E-state index contributed by atoms with van der Waals surface area (Å²) < 4.78 is 0. The highest BCUT2D eigenvalue weighted by Gasteiger charge is 2.47. The smallest absolute Gasteiger partial charge is 0.126 e. The van der Waals surface area contributed by atoms with Gasteiger partial charge in [0.15, 0.2) is 0 Å². The summed E-state index contributed by atoms with van der Waals surface area (Å²) in [6, 6.07) is 71.5. The summed E-state index contributed by atoms with van der Waals surface area (Å²) in [5.74, 6) is 0.664. The maximum Gasteiger partial charge on any atom is 0.126 e. The van der Waals surface area contributed by atoms with Crippen molar-refractivity contribution < 1.29 is 30.6 Å². The van der Waals surface area contributed by atoms with Gasteiger partial charge in [0, 0.05) is 47.2 Å². The Hall–Kier alpha value is -9.52. The first-order chi connectivity index (χ1) is 36.6. The molecule has 0 heterocycles. The maximum atomic E-state index is 12.7. The molecule has 0 saturated carbocycles. The number of hydrogen-bond acceptors (Lipinski definition) is 6. The van der Waals surface area contributed by atoms with Crippen molar-refractivity contribution in [2.45, 2.75) is 31.1 Å². The van der Waals surface area contributed by atoms with Gasteiger partial charge in [-0.2, -0.15) is 0 Å². The van der Waals surface area contributed by atoms with Crippen LogP contribution in [0.15, 0.2) is 218 Å². The third-order valence-corrected chi connectivity index (χ3v) is 15.8. The summed E-state index contributed by atoms with van der Waals surface area (Å²) >= 11 is 0. The van der Waals surface area contributed by atoms with Crippen molar-refractivity contribution in [3.05, 3.63) is 285 Å². The minimum absolute atomic E-state index is 0.0548. The Morgan fingerprint density at radius 2 is 0.493 bits per heavy atom. The van der Waals surface area contributed by atoms with Crippen LogP contribution in [0.4, 0.5) is 0 Å². The zero-order chi connectivity index (χ0) is 51.0. The molecule has 13 rings (SSSR count). The van der Waals surface area contributed by atoms with Crippen molar-refractivity contribution in [1.82, 2.24) is 0 Å². The summed E-state index contributed by atoms with van der Waals surface area (Å²) in [5, 5.41) is 79.6. The number of benzene rings is 12. The van der Waals surface area contributed by atoms with Crippen LogP contribution in [0.3, 0.4) is 0 Å². The van der Waals surface area contributed by atoms with Crippen LogP contribution in [0, 0.1) is 0 Å². The van der Waals surface area contributed by atoms with Crippen molar-refractivity contribution in [2.75, 3.05) is 0 Å². The summed E-state index contributed by atoms with van der Waals surface area (Å²) in [6.45, 7) is 0. The number of hydrogen-bond donors (Lipinski definition) is 6. The van der Waals surface area contributed by atoms with E-state index in [-0.39, 0.29) is 60.2 Å². The minimum Gasteiger partial charge on any atom is -0.507 e. The van der Waals surface area contributed by atoms with Crippen LogP contribution in [0.25, 0.3) is 54.2 Å². The van der Waals surface area contributed by atoms with Gasteiger partial charge in [0.25, 0.3) is 0 Å². The number of phenols is 6. The Morgan fingerprint density at radius 1 is 0.240 bits per heavy atom. The fourth-order valence-corrected chi connectivity index (χ4v) is 12.1. The van der Waals surface area contributed by atoms with E-state index in [4.69, 9.17) is 0 Å². The zero-order valence-corrected chi connectivity index (χ0v) is 40.8. The summed E-state index contributed by atoms with van der Waals surface area (Å²) in [6.07, 6.45) is 0.726. The Balaban J connectivity index is 1.09. The molecule has 0 aromatic heterocycles. The van der Waals surface area contributed by atoms with Crippen LogP contribution in [0.1, 0.15) is 66.8 Å². The highest BCUT2D eigenvalue weighted by Crippen LogP contribution is 2.58. The average Bonchev–Trinajstić information content (AvgIpc) is 3.89. The number of aromatic hydroxyl groups is 6. The molecule has 0 saturated heterocycles. The van der Waals surface area contributed by atoms with Gasteiger partial charge in [-0.15, -0.1) is 0 Å². The van der Waals surface area contributed by atoms with Crippen LogP contribution < -0.4 is 0 Å². The lowest BCUT2D eigenvalue weighted by Gasteiger charge is -2.36. The molecule has 6 nitrogen and oxygen atoms in total. The molecule has 0 atom stereocenters. The topological polar surface area (TPSA) is 121 Å². The van der Waals surface area contributed by atoms with Gasteiger partial charge in [0.1, 0.15) is 34.5 Å². The molecular weight excluding hydrogens is 925 g/mol. The molecule has 0 radical (unpaired) electrons. The molecule has 0 unspecified atom stereocenters. The fraction of sp³-hybridized carbons (Fsp3) is 0.0725. The average molecular weight is 975 g/mol. The third kappa shape index (κ3) is 7.40. The van der Waals surface area contributed by atoms with E-state index in [1.54, 1.807) is 0 Å². The van der Waals surface area contributed by atoms with Gasteiger partial charge in [-0.3, -0.25) is 0 Å². The fourth-order valence-electron chi connectivity index (χ4n) is 12.1. The number of fused-ring (bicyclic) bond motifs is 7. The van der Waals surface area contributed by atoms with E-state index < -0.39 is 5.41 Å². The molecule has 6 heteroatoms. The lowest BCUT2D eigenvalue weighted by molar-refractivity contribution is 0.458. The third-order valence-electron chi connectivity index (χ3n) is 15.8. The highest BCUT2D eigenvalue weighted by atomic mass is 16.3. The van der Waals surface area contributed by atoms with Crippen LogP contribution in [0.2, 0.25) is 0 Å². The summed E-state index contributed by atoms with van der Waals surface area (Å²) in [4.78, 5) is 0. The summed E-state index contributed by atoms with van der Waals surface area (Å²) in [5.41, 5.74) is 9.46. The molecule has 0 amide bonds. The monoisotopic (exact) mass is 974 g/mol. The van der Waals surface area contributed by atoms with Gasteiger partial charge < -0.3 is 30.6 Å². The molecule has 0 spiro atoms. The molecule has 0 aliphatic heterocycles. The lowest BCUT2D eigenvalue weighted by Crippen LogP contribution is -2.29. The van der Waals surface area contributed by atoms with Gasteiger partial charge in [-0.25, -0.2) is 0 Å². The van der Waals surface area contributed by atoms with E-state index in [1.807, 2.05) is 170 Å². The van der Waals surface area contributed by atoms with E-state index in [2.05, 4.69) is 48.5 Å². The van der Waals surface area contributed by atoms with Crippen molar-refractivity contribution >= 4 is 43.1 Å². The van der Waals surface area contributed by atoms with Crippen molar-refractivity contribution in [3.8, 4) is 45.6 Å². The zero-order valence-electron chi connectivity index (χ0n) is 40.8. The molecule has 12 aromatic carbocycles. The molecular formula is C69H50O6. The Kier molecular flexibility index (Phi) is 10.8. The van der Waals surface area contributed by atoms with Gasteiger partial charge in [-0.05, 0) is 99.4 Å². The highest BCUT2D eigenvalue weighted by molar-refractivity contribution is 5.93. The standard InChI is InChI=1S/C69H50O6/c70-63-49(33-45-29-25-41-13-1-5-17-55(41)65(45)72)37-53(38-50(63)34-46-30-26-42-14-2-6-18-56(42)66(46)73)69(61-23-11-9-21-59(61)60-22-10-12-24-62(60)69)54-39-51(35-47-31-27-43-15-3-7-19-57(43)67(47)74)64(71)52(40-54)36-48-32-28-44-16-4-8-20-58(44)68(48)75/h1-32,37-40,70-75H,33-36H2. The molecule has 0 bridgehead atoms. The van der Waals surface area contributed by atoms with E-state index >= 15 is 0 Å². The SMILES string of the molecule is Oc1c(Cc2ccc3ccccc3c2O)cc(C2(c3cc(Cc4ccc5ccccc5c4O)c(O)c(Cc4ccc5ccccc5c4O)c3)c3ccccc3-c3ccccc32)cc1Cc1ccc2ccccc2c1O. The first kappa shape index (κ1) is 45.4. The van der Waals surface area contributed by atoms with Gasteiger partial charge in [0.2, 0.25) is 0 Å². The molecule has 0 fully saturated rings. The Bertz CT molecular complexity index is 3790. The number of phenolic OH excluding ortho intramolecular Hbond substituents is 6. The van der Waals surface area contributed by atoms with E-state index in [1.165, 1.54) is 0 Å². The van der Waals surface area contributed by atoms with Crippen molar-refractivity contribution in [3.63, 3.8) is 0 Å². The predicted molar refractivity (Wildman–Crippen MR) is 301 cm³/mol. The lowest BCUT2D eigenvalue weighted by atomic mass is 9.66. The predicted octanol–water partition coefficient (Wildman–Crippen LogP) is 15.3. The second-order valence-corrected chi connectivity index (χ2v) is 20.0. The van der Waals surface area contributed by atoms with E-state index in [0.29, 0.717) is 66.1 Å². The Morgan fingerprint density at radius 3 is 0.787 bits per heavy atom. The number of rotatable bonds is 10. The van der Waals surface area contributed by atoms with Crippen molar-refractivity contribution in [1.29, 1.82) is 0 Å². The summed E-state index contributed by atoms with van der Waals surface area (Å²) in [7, 11) is 0. The Labute approximate surface area is 433 Å². The second kappa shape index (κ2) is 17.9. The van der Waals surface area contributed by atoms with Crippen molar-refractivity contribution in [2.24, 2.45) is 0 Å². The van der Waals surface area contributed by atoms with Crippen LogP contribution in [0.5, 0.6) is 34.5 Å². The first-order valence-corrected chi connectivity index (χ1v) is 25.3. The molecule has 12 aromatic rings. The van der Waals surface area contributed by atoms with E-state index in [9.17, 15) is 30.6 Å². The van der Waals surface area contributed by atoms with Crippen LogP contribution in [-0.4, -0.2) is 30.6 Å². The van der Waals surface area contributed by atoms with Gasteiger partial charge >= 0.3 is 0 Å². The molecule has 362 valence electrons. The minimum atomic E-state index is -1.10. The largest absolute Gasteiger partial charge is 0.507 e. The first-order valence-electron chi connectivity index (χ1n) is 25.3. The van der Waals surface area contributed by atoms with E-state index in [0.717, 1.165) is 54.9 Å².